The Hall–Kier alpha value is -2.40. The van der Waals surface area contributed by atoms with E-state index < -0.39 is 0 Å². The van der Waals surface area contributed by atoms with Gasteiger partial charge in [-0.15, -0.1) is 0 Å². The highest BCUT2D eigenvalue weighted by molar-refractivity contribution is 5.89. The molecule has 20 heavy (non-hydrogen) atoms. The van der Waals surface area contributed by atoms with Gasteiger partial charge in [-0.25, -0.2) is 9.18 Å². The van der Waals surface area contributed by atoms with Gasteiger partial charge in [0.05, 0.1) is 6.61 Å². The Morgan fingerprint density at radius 2 is 1.70 bits per heavy atom. The molecule has 2 aromatic carbocycles. The molecule has 0 aliphatic carbocycles. The van der Waals surface area contributed by atoms with E-state index in [1.54, 1.807) is 6.07 Å². The maximum Gasteiger partial charge on any atom is 0.319 e. The molecule has 0 aliphatic rings. The van der Waals surface area contributed by atoms with E-state index in [4.69, 9.17) is 0 Å². The van der Waals surface area contributed by atoms with Crippen LogP contribution in [0.5, 0.6) is 0 Å². The number of aliphatic hydroxyl groups excluding tert-OH is 1. The summed E-state index contributed by atoms with van der Waals surface area (Å²) in [6.45, 7) is 0.237. The first kappa shape index (κ1) is 14.0. The van der Waals surface area contributed by atoms with E-state index in [-0.39, 0.29) is 18.5 Å². The smallest absolute Gasteiger partial charge is 0.319 e. The topological polar surface area (TPSA) is 61.4 Å². The van der Waals surface area contributed by atoms with Crippen molar-refractivity contribution in [2.75, 3.05) is 5.32 Å². The largest absolute Gasteiger partial charge is 0.392 e. The van der Waals surface area contributed by atoms with Crippen molar-refractivity contribution in [2.45, 2.75) is 13.2 Å². The molecule has 0 bridgehead atoms. The Morgan fingerprint density at radius 3 is 2.35 bits per heavy atom. The zero-order valence-corrected chi connectivity index (χ0v) is 10.8. The Balaban J connectivity index is 1.90. The van der Waals surface area contributed by atoms with Gasteiger partial charge in [0, 0.05) is 12.2 Å². The average Bonchev–Trinajstić information content (AvgIpc) is 2.48. The predicted molar refractivity (Wildman–Crippen MR) is 74.6 cm³/mol. The zero-order chi connectivity index (χ0) is 14.4. The summed E-state index contributed by atoms with van der Waals surface area (Å²) in [5.74, 6) is -0.354. The van der Waals surface area contributed by atoms with E-state index >= 15 is 0 Å². The summed E-state index contributed by atoms with van der Waals surface area (Å²) in [6.07, 6.45) is 0. The molecule has 0 saturated carbocycles. The minimum Gasteiger partial charge on any atom is -0.392 e. The average molecular weight is 274 g/mol. The van der Waals surface area contributed by atoms with Gasteiger partial charge in [-0.2, -0.15) is 0 Å². The molecule has 0 saturated heterocycles. The highest BCUT2D eigenvalue weighted by Crippen LogP contribution is 2.10. The summed E-state index contributed by atoms with van der Waals surface area (Å²) in [4.78, 5) is 11.7. The second-order valence-electron chi connectivity index (χ2n) is 4.24. The maximum atomic E-state index is 12.7. The fraction of sp³-hybridized carbons (Fsp3) is 0.133. The van der Waals surface area contributed by atoms with Crippen LogP contribution in [0, 0.1) is 5.82 Å². The summed E-state index contributed by atoms with van der Waals surface area (Å²) in [6, 6.07) is 12.4. The number of hydrogen-bond donors (Lipinski definition) is 3. The summed E-state index contributed by atoms with van der Waals surface area (Å²) >= 11 is 0. The minimum atomic E-state index is -0.385. The third-order valence-corrected chi connectivity index (χ3v) is 2.83. The van der Waals surface area contributed by atoms with Crippen LogP contribution in [0.15, 0.2) is 48.5 Å². The third kappa shape index (κ3) is 3.80. The minimum absolute atomic E-state index is 0.0720. The Morgan fingerprint density at radius 1 is 1.05 bits per heavy atom. The molecule has 0 heterocycles. The maximum absolute atomic E-state index is 12.7. The number of rotatable bonds is 4. The number of urea groups is 1. The lowest BCUT2D eigenvalue weighted by molar-refractivity contribution is 0.251. The fourth-order valence-electron chi connectivity index (χ4n) is 1.77. The van der Waals surface area contributed by atoms with Crippen molar-refractivity contribution < 1.29 is 14.3 Å². The van der Waals surface area contributed by atoms with Crippen molar-refractivity contribution in [3.05, 3.63) is 65.5 Å². The molecule has 0 fully saturated rings. The summed E-state index contributed by atoms with van der Waals surface area (Å²) in [7, 11) is 0. The molecule has 2 rings (SSSR count). The van der Waals surface area contributed by atoms with E-state index in [2.05, 4.69) is 10.6 Å². The third-order valence-electron chi connectivity index (χ3n) is 2.83. The predicted octanol–water partition coefficient (Wildman–Crippen LogP) is 2.64. The number of halogens is 1. The first-order valence-corrected chi connectivity index (χ1v) is 6.17. The van der Waals surface area contributed by atoms with Gasteiger partial charge in [-0.1, -0.05) is 24.3 Å². The number of amides is 2. The van der Waals surface area contributed by atoms with E-state index in [9.17, 15) is 14.3 Å². The SMILES string of the molecule is O=C(NCc1ccccc1CO)Nc1ccc(F)cc1. The van der Waals surface area contributed by atoms with Gasteiger partial charge in [0.1, 0.15) is 5.82 Å². The van der Waals surface area contributed by atoms with Crippen molar-refractivity contribution in [3.8, 4) is 0 Å². The highest BCUT2D eigenvalue weighted by atomic mass is 19.1. The van der Waals surface area contributed by atoms with E-state index in [0.717, 1.165) is 11.1 Å². The van der Waals surface area contributed by atoms with Crippen LogP contribution in [0.25, 0.3) is 0 Å². The monoisotopic (exact) mass is 274 g/mol. The fourth-order valence-corrected chi connectivity index (χ4v) is 1.77. The number of aliphatic hydroxyl groups is 1. The van der Waals surface area contributed by atoms with Gasteiger partial charge >= 0.3 is 6.03 Å². The van der Waals surface area contributed by atoms with Gasteiger partial charge < -0.3 is 15.7 Å². The molecular weight excluding hydrogens is 259 g/mol. The van der Waals surface area contributed by atoms with Crippen LogP contribution in [0.3, 0.4) is 0 Å². The second-order valence-corrected chi connectivity index (χ2v) is 4.24. The Labute approximate surface area is 116 Å². The van der Waals surface area contributed by atoms with Crippen LogP contribution in [0.2, 0.25) is 0 Å². The van der Waals surface area contributed by atoms with Gasteiger partial charge in [0.15, 0.2) is 0 Å². The highest BCUT2D eigenvalue weighted by Gasteiger charge is 2.04. The first-order valence-electron chi connectivity index (χ1n) is 6.17. The van der Waals surface area contributed by atoms with E-state index in [1.165, 1.54) is 24.3 Å². The normalized spacial score (nSPS) is 10.1. The van der Waals surface area contributed by atoms with Crippen molar-refractivity contribution in [1.82, 2.24) is 5.32 Å². The standard InChI is InChI=1S/C15H15FN2O2/c16-13-5-7-14(8-6-13)18-15(20)17-9-11-3-1-2-4-12(11)10-19/h1-8,19H,9-10H2,(H2,17,18,20). The van der Waals surface area contributed by atoms with Gasteiger partial charge in [-0.05, 0) is 35.4 Å². The molecule has 0 radical (unpaired) electrons. The lowest BCUT2D eigenvalue weighted by Crippen LogP contribution is -2.28. The van der Waals surface area contributed by atoms with Crippen LogP contribution in [0.1, 0.15) is 11.1 Å². The van der Waals surface area contributed by atoms with Gasteiger partial charge in [0.25, 0.3) is 0 Å². The molecule has 2 aromatic rings. The molecule has 0 atom stereocenters. The summed E-state index contributed by atoms with van der Waals surface area (Å²) < 4.78 is 12.7. The molecule has 104 valence electrons. The van der Waals surface area contributed by atoms with Crippen molar-refractivity contribution in [3.63, 3.8) is 0 Å². The first-order chi connectivity index (χ1) is 9.69. The van der Waals surface area contributed by atoms with Crippen LogP contribution >= 0.6 is 0 Å². The molecule has 0 aliphatic heterocycles. The number of anilines is 1. The molecule has 2 amide bonds. The quantitative estimate of drug-likeness (QED) is 0.802. The zero-order valence-electron chi connectivity index (χ0n) is 10.8. The van der Waals surface area contributed by atoms with Crippen molar-refractivity contribution >= 4 is 11.7 Å². The number of nitrogens with one attached hydrogen (secondary N) is 2. The van der Waals surface area contributed by atoms with Crippen LogP contribution in [0.4, 0.5) is 14.9 Å². The summed E-state index contributed by atoms with van der Waals surface area (Å²) in [5, 5.41) is 14.5. The van der Waals surface area contributed by atoms with Crippen molar-refractivity contribution in [1.29, 1.82) is 0 Å². The Bertz CT molecular complexity index is 585. The van der Waals surface area contributed by atoms with Crippen LogP contribution in [-0.2, 0) is 13.2 Å². The molecule has 3 N–H and O–H groups in total. The lowest BCUT2D eigenvalue weighted by atomic mass is 10.1. The molecule has 4 nitrogen and oxygen atoms in total. The van der Waals surface area contributed by atoms with E-state index in [0.29, 0.717) is 12.2 Å². The summed E-state index contributed by atoms with van der Waals surface area (Å²) in [5.41, 5.74) is 2.14. The van der Waals surface area contributed by atoms with Crippen molar-refractivity contribution in [2.24, 2.45) is 0 Å². The number of benzene rings is 2. The van der Waals surface area contributed by atoms with Gasteiger partial charge in [-0.3, -0.25) is 0 Å². The van der Waals surface area contributed by atoms with Crippen LogP contribution < -0.4 is 10.6 Å². The molecular formula is C15H15FN2O2. The molecule has 0 unspecified atom stereocenters. The molecule has 0 spiro atoms. The second kappa shape index (κ2) is 6.68. The van der Waals surface area contributed by atoms with Gasteiger partial charge in [0.2, 0.25) is 0 Å². The number of carbonyl (C=O) groups is 1. The Kier molecular flexibility index (Phi) is 4.68. The van der Waals surface area contributed by atoms with E-state index in [1.807, 2.05) is 18.2 Å². The van der Waals surface area contributed by atoms with Crippen LogP contribution in [-0.4, -0.2) is 11.1 Å². The lowest BCUT2D eigenvalue weighted by Gasteiger charge is -2.10. The molecule has 5 heteroatoms. The number of hydrogen-bond acceptors (Lipinski definition) is 2. The molecule has 0 aromatic heterocycles. The number of carbonyl (C=O) groups excluding carboxylic acids is 1.